The number of rotatable bonds is 11. The molecule has 0 aliphatic rings. The van der Waals surface area contributed by atoms with Gasteiger partial charge in [-0.1, -0.05) is 99.7 Å². The summed E-state index contributed by atoms with van der Waals surface area (Å²) in [7, 11) is 0. The Morgan fingerprint density at radius 2 is 1.56 bits per heavy atom. The fourth-order valence-corrected chi connectivity index (χ4v) is 4.91. The second-order valence-electron chi connectivity index (χ2n) is 12.1. The first kappa shape index (κ1) is 32.6. The van der Waals surface area contributed by atoms with Crippen LogP contribution in [0.2, 0.25) is 0 Å². The molecule has 4 aromatic rings. The van der Waals surface area contributed by atoms with Crippen molar-refractivity contribution in [2.24, 2.45) is 11.7 Å². The molecule has 1 atom stereocenters. The van der Waals surface area contributed by atoms with Gasteiger partial charge in [-0.05, 0) is 83.2 Å². The summed E-state index contributed by atoms with van der Waals surface area (Å²) in [5.41, 5.74) is 16.9. The average molecular weight is 600 g/mol. The van der Waals surface area contributed by atoms with Crippen molar-refractivity contribution in [2.75, 3.05) is 0 Å². The molecule has 5 N–H and O–H groups in total. The number of nitrogens with zero attached hydrogens (tertiary/aromatic N) is 1. The van der Waals surface area contributed by atoms with E-state index >= 15 is 0 Å². The molecule has 0 aliphatic carbocycles. The van der Waals surface area contributed by atoms with Crippen molar-refractivity contribution in [1.82, 2.24) is 10.9 Å². The summed E-state index contributed by atoms with van der Waals surface area (Å²) in [6.45, 7) is 7.12. The Morgan fingerprint density at radius 3 is 2.20 bits per heavy atom. The minimum atomic E-state index is -0.365. The Labute approximate surface area is 266 Å². The number of amides is 1. The predicted octanol–water partition coefficient (Wildman–Crippen LogP) is 7.07. The van der Waals surface area contributed by atoms with Gasteiger partial charge < -0.3 is 10.5 Å². The summed E-state index contributed by atoms with van der Waals surface area (Å²) in [6.07, 6.45) is 6.92. The van der Waals surface area contributed by atoms with E-state index < -0.39 is 0 Å². The quantitative estimate of drug-likeness (QED) is 0.0834. The van der Waals surface area contributed by atoms with Gasteiger partial charge in [-0.3, -0.25) is 21.1 Å². The molecule has 0 aromatic heterocycles. The van der Waals surface area contributed by atoms with E-state index in [4.69, 9.17) is 21.1 Å². The molecule has 0 fully saturated rings. The van der Waals surface area contributed by atoms with Crippen LogP contribution in [0.3, 0.4) is 0 Å². The van der Waals surface area contributed by atoms with Crippen molar-refractivity contribution >= 4 is 17.9 Å². The first-order valence-electron chi connectivity index (χ1n) is 15.1. The second kappa shape index (κ2) is 15.4. The van der Waals surface area contributed by atoms with Gasteiger partial charge in [0.2, 0.25) is 5.96 Å². The summed E-state index contributed by atoms with van der Waals surface area (Å²) in [5, 5.41) is 16.4. The highest BCUT2D eigenvalue weighted by Gasteiger charge is 2.14. The number of nitrogens with one attached hydrogen (secondary N) is 3. The Balaban J connectivity index is 1.48. The molecule has 7 heteroatoms. The van der Waals surface area contributed by atoms with Gasteiger partial charge in [0.05, 0.1) is 11.6 Å². The van der Waals surface area contributed by atoms with Crippen LogP contribution >= 0.6 is 0 Å². The number of hydrogen-bond donors (Lipinski definition) is 4. The molecule has 230 valence electrons. The van der Waals surface area contributed by atoms with E-state index in [0.29, 0.717) is 17.7 Å². The highest BCUT2D eigenvalue weighted by Crippen LogP contribution is 2.26. The summed E-state index contributed by atoms with van der Waals surface area (Å²) in [4.78, 5) is 12.3. The standard InChI is InChI=1S/C38H41N5O2/c1-38(2,3)34-22-17-31(18-23-34)26-45-35-7-5-4-6-32(35)19-14-28(11-8-27-9-12-30(25-39)13-10-27)24-29-15-20-33(21-16-29)36(44)42-43-37(40)41/h4-7,9-10,12-23,28H,8,11,24,26H2,1-3H3,(H,42,44)(H4,40,41,43)/b19-14+. The molecule has 0 aliphatic heterocycles. The van der Waals surface area contributed by atoms with E-state index in [1.165, 1.54) is 11.1 Å². The smallest absolute Gasteiger partial charge is 0.269 e. The van der Waals surface area contributed by atoms with E-state index in [1.54, 1.807) is 12.1 Å². The molecule has 0 heterocycles. The zero-order valence-electron chi connectivity index (χ0n) is 26.1. The Morgan fingerprint density at radius 1 is 0.911 bits per heavy atom. The van der Waals surface area contributed by atoms with Crippen molar-refractivity contribution in [1.29, 1.82) is 10.7 Å². The van der Waals surface area contributed by atoms with Crippen LogP contribution in [0.4, 0.5) is 0 Å². The minimum Gasteiger partial charge on any atom is -0.488 e. The maximum absolute atomic E-state index is 12.3. The van der Waals surface area contributed by atoms with Crippen molar-refractivity contribution in [3.63, 3.8) is 0 Å². The van der Waals surface area contributed by atoms with Crippen LogP contribution in [0.1, 0.15) is 70.9 Å². The van der Waals surface area contributed by atoms with Crippen LogP contribution in [-0.2, 0) is 24.9 Å². The van der Waals surface area contributed by atoms with Crippen LogP contribution in [0.25, 0.3) is 6.08 Å². The lowest BCUT2D eigenvalue weighted by Crippen LogP contribution is -2.44. The normalized spacial score (nSPS) is 11.9. The molecule has 0 spiro atoms. The zero-order valence-corrected chi connectivity index (χ0v) is 26.1. The molecule has 0 radical (unpaired) electrons. The third kappa shape index (κ3) is 10.1. The number of carbonyl (C=O) groups excluding carboxylic acids is 1. The van der Waals surface area contributed by atoms with Crippen LogP contribution in [-0.4, -0.2) is 11.9 Å². The lowest BCUT2D eigenvalue weighted by Gasteiger charge is -2.19. The Kier molecular flexibility index (Phi) is 11.1. The molecule has 4 aromatic carbocycles. The number of nitriles is 1. The molecule has 0 saturated carbocycles. The van der Waals surface area contributed by atoms with Crippen LogP contribution in [0.15, 0.2) is 103 Å². The SMILES string of the molecule is CC(C)(C)c1ccc(COc2ccccc2/C=C/C(CCc2ccc(C#N)cc2)Cc2ccc(C(=O)NNC(=N)N)cc2)cc1. The maximum atomic E-state index is 12.3. The van der Waals surface area contributed by atoms with Gasteiger partial charge in [0.1, 0.15) is 12.4 Å². The zero-order chi connectivity index (χ0) is 32.2. The Bertz CT molecular complexity index is 1650. The van der Waals surface area contributed by atoms with E-state index in [-0.39, 0.29) is 23.2 Å². The fraction of sp³-hybridized carbons (Fsp3) is 0.237. The number of para-hydroxylation sites is 1. The molecule has 0 saturated heterocycles. The number of hydrogen-bond acceptors (Lipinski definition) is 4. The van der Waals surface area contributed by atoms with Crippen molar-refractivity contribution in [2.45, 2.75) is 52.1 Å². The van der Waals surface area contributed by atoms with E-state index in [9.17, 15) is 4.79 Å². The number of guanidine groups is 1. The molecular formula is C38H41N5O2. The highest BCUT2D eigenvalue weighted by atomic mass is 16.5. The molecule has 1 amide bonds. The molecule has 1 unspecified atom stereocenters. The maximum Gasteiger partial charge on any atom is 0.269 e. The lowest BCUT2D eigenvalue weighted by molar-refractivity contribution is 0.0943. The summed E-state index contributed by atoms with van der Waals surface area (Å²) >= 11 is 0. The van der Waals surface area contributed by atoms with Gasteiger partial charge in [-0.15, -0.1) is 0 Å². The largest absolute Gasteiger partial charge is 0.488 e. The van der Waals surface area contributed by atoms with Gasteiger partial charge in [-0.25, -0.2) is 0 Å². The Hall–Kier alpha value is -5.35. The number of nitrogens with two attached hydrogens (primary N) is 1. The van der Waals surface area contributed by atoms with Crippen LogP contribution in [0, 0.1) is 22.7 Å². The van der Waals surface area contributed by atoms with E-state index in [1.807, 2.05) is 54.6 Å². The molecule has 0 bridgehead atoms. The number of allylic oxidation sites excluding steroid dienone is 1. The number of carbonyl (C=O) groups is 1. The van der Waals surface area contributed by atoms with E-state index in [2.05, 4.69) is 80.2 Å². The van der Waals surface area contributed by atoms with E-state index in [0.717, 1.165) is 41.7 Å². The minimum absolute atomic E-state index is 0.109. The number of benzene rings is 4. The third-order valence-electron chi connectivity index (χ3n) is 7.59. The first-order valence-corrected chi connectivity index (χ1v) is 15.1. The molecule has 7 nitrogen and oxygen atoms in total. The van der Waals surface area contributed by atoms with Gasteiger partial charge in [0, 0.05) is 11.1 Å². The van der Waals surface area contributed by atoms with Gasteiger partial charge >= 0.3 is 0 Å². The first-order chi connectivity index (χ1) is 21.6. The molecular weight excluding hydrogens is 558 g/mol. The number of ether oxygens (including phenoxy) is 1. The lowest BCUT2D eigenvalue weighted by atomic mass is 9.87. The van der Waals surface area contributed by atoms with Crippen molar-refractivity contribution < 1.29 is 9.53 Å². The van der Waals surface area contributed by atoms with Crippen molar-refractivity contribution in [3.05, 3.63) is 142 Å². The molecule has 45 heavy (non-hydrogen) atoms. The van der Waals surface area contributed by atoms with Crippen LogP contribution in [0.5, 0.6) is 5.75 Å². The average Bonchev–Trinajstić information content (AvgIpc) is 3.04. The van der Waals surface area contributed by atoms with Gasteiger partial charge in [0.15, 0.2) is 0 Å². The van der Waals surface area contributed by atoms with Crippen molar-refractivity contribution in [3.8, 4) is 11.8 Å². The van der Waals surface area contributed by atoms with Crippen LogP contribution < -0.4 is 21.3 Å². The number of hydrazine groups is 1. The fourth-order valence-electron chi connectivity index (χ4n) is 4.91. The predicted molar refractivity (Wildman–Crippen MR) is 181 cm³/mol. The third-order valence-corrected chi connectivity index (χ3v) is 7.59. The topological polar surface area (TPSA) is 124 Å². The van der Waals surface area contributed by atoms with Gasteiger partial charge in [0.25, 0.3) is 5.91 Å². The number of aryl methyl sites for hydroxylation is 1. The molecule has 4 rings (SSSR count). The summed E-state index contributed by atoms with van der Waals surface area (Å²) in [5.74, 6) is 0.334. The summed E-state index contributed by atoms with van der Waals surface area (Å²) < 4.78 is 6.28. The highest BCUT2D eigenvalue weighted by molar-refractivity contribution is 5.95. The van der Waals surface area contributed by atoms with Gasteiger partial charge in [-0.2, -0.15) is 5.26 Å². The second-order valence-corrected chi connectivity index (χ2v) is 12.1. The summed E-state index contributed by atoms with van der Waals surface area (Å²) in [6, 6.07) is 34.0. The monoisotopic (exact) mass is 599 g/mol.